The monoisotopic (exact) mass is 432 g/mol. The second-order valence-corrected chi connectivity index (χ2v) is 7.63. The maximum Gasteiger partial charge on any atom is 0.259 e. The van der Waals surface area contributed by atoms with Gasteiger partial charge < -0.3 is 10.1 Å². The SMILES string of the molecule is COc1cc(C(=O)Nc2nnc(-c3ccncc3)s2)cnc1NC(C)c1ccccc1. The fourth-order valence-corrected chi connectivity index (χ4v) is 3.66. The molecule has 1 amide bonds. The molecule has 8 nitrogen and oxygen atoms in total. The van der Waals surface area contributed by atoms with Crippen molar-refractivity contribution in [2.45, 2.75) is 13.0 Å². The summed E-state index contributed by atoms with van der Waals surface area (Å²) in [5.41, 5.74) is 2.36. The largest absolute Gasteiger partial charge is 0.493 e. The van der Waals surface area contributed by atoms with Gasteiger partial charge in [0.15, 0.2) is 11.6 Å². The summed E-state index contributed by atoms with van der Waals surface area (Å²) >= 11 is 1.28. The number of hydrogen-bond donors (Lipinski definition) is 2. The summed E-state index contributed by atoms with van der Waals surface area (Å²) in [6.45, 7) is 2.03. The molecule has 0 saturated carbocycles. The Hall–Kier alpha value is -3.85. The molecule has 4 rings (SSSR count). The molecule has 31 heavy (non-hydrogen) atoms. The summed E-state index contributed by atoms with van der Waals surface area (Å²) < 4.78 is 5.45. The Labute approximate surface area is 183 Å². The summed E-state index contributed by atoms with van der Waals surface area (Å²) in [7, 11) is 1.54. The molecule has 1 atom stereocenters. The van der Waals surface area contributed by atoms with E-state index in [0.29, 0.717) is 27.3 Å². The number of hydrogen-bond acceptors (Lipinski definition) is 8. The third-order valence-corrected chi connectivity index (χ3v) is 5.45. The number of carbonyl (C=O) groups is 1. The third-order valence-electron chi connectivity index (χ3n) is 4.56. The minimum Gasteiger partial charge on any atom is -0.493 e. The number of anilines is 2. The van der Waals surface area contributed by atoms with Gasteiger partial charge in [0.2, 0.25) is 5.13 Å². The summed E-state index contributed by atoms with van der Waals surface area (Å²) in [6.07, 6.45) is 4.87. The number of methoxy groups -OCH3 is 1. The van der Waals surface area contributed by atoms with Crippen LogP contribution in [0, 0.1) is 0 Å². The van der Waals surface area contributed by atoms with E-state index >= 15 is 0 Å². The maximum absolute atomic E-state index is 12.7. The number of amides is 1. The number of rotatable bonds is 7. The van der Waals surface area contributed by atoms with E-state index < -0.39 is 0 Å². The molecule has 1 aromatic carbocycles. The molecular weight excluding hydrogens is 412 g/mol. The Morgan fingerprint density at radius 1 is 1.10 bits per heavy atom. The lowest BCUT2D eigenvalue weighted by atomic mass is 10.1. The van der Waals surface area contributed by atoms with E-state index in [0.717, 1.165) is 11.1 Å². The van der Waals surface area contributed by atoms with Crippen LogP contribution < -0.4 is 15.4 Å². The molecule has 2 N–H and O–H groups in total. The topological polar surface area (TPSA) is 102 Å². The average molecular weight is 433 g/mol. The Morgan fingerprint density at radius 2 is 1.87 bits per heavy atom. The van der Waals surface area contributed by atoms with E-state index in [1.165, 1.54) is 17.5 Å². The third kappa shape index (κ3) is 4.84. The van der Waals surface area contributed by atoms with Crippen molar-refractivity contribution in [2.24, 2.45) is 0 Å². The highest BCUT2D eigenvalue weighted by Gasteiger charge is 2.16. The van der Waals surface area contributed by atoms with Gasteiger partial charge in [0.1, 0.15) is 5.01 Å². The highest BCUT2D eigenvalue weighted by molar-refractivity contribution is 7.18. The molecule has 0 aliphatic heterocycles. The van der Waals surface area contributed by atoms with Crippen molar-refractivity contribution >= 4 is 28.2 Å². The van der Waals surface area contributed by atoms with E-state index in [9.17, 15) is 4.79 Å². The van der Waals surface area contributed by atoms with Crippen molar-refractivity contribution in [2.75, 3.05) is 17.7 Å². The fraction of sp³-hybridized carbons (Fsp3) is 0.136. The molecule has 0 bridgehead atoms. The Balaban J connectivity index is 1.47. The zero-order chi connectivity index (χ0) is 21.6. The number of nitrogens with one attached hydrogen (secondary N) is 2. The Bertz CT molecular complexity index is 1170. The smallest absolute Gasteiger partial charge is 0.259 e. The van der Waals surface area contributed by atoms with Gasteiger partial charge in [-0.25, -0.2) is 4.98 Å². The molecular formula is C22H20N6O2S. The van der Waals surface area contributed by atoms with Gasteiger partial charge in [-0.05, 0) is 30.7 Å². The van der Waals surface area contributed by atoms with Gasteiger partial charge in [-0.2, -0.15) is 0 Å². The van der Waals surface area contributed by atoms with Crippen LogP contribution in [0.15, 0.2) is 67.1 Å². The first-order valence-corrected chi connectivity index (χ1v) is 10.4. The minimum atomic E-state index is -0.342. The summed E-state index contributed by atoms with van der Waals surface area (Å²) in [4.78, 5) is 21.1. The van der Waals surface area contributed by atoms with Crippen LogP contribution in [0.5, 0.6) is 5.75 Å². The first-order valence-electron chi connectivity index (χ1n) is 9.55. The average Bonchev–Trinajstić information content (AvgIpc) is 3.29. The first kappa shape index (κ1) is 20.4. The Morgan fingerprint density at radius 3 is 2.61 bits per heavy atom. The van der Waals surface area contributed by atoms with Gasteiger partial charge >= 0.3 is 0 Å². The second-order valence-electron chi connectivity index (χ2n) is 6.65. The number of benzene rings is 1. The molecule has 1 unspecified atom stereocenters. The van der Waals surface area contributed by atoms with Crippen molar-refractivity contribution in [3.05, 3.63) is 78.2 Å². The van der Waals surface area contributed by atoms with Crippen molar-refractivity contribution < 1.29 is 9.53 Å². The molecule has 3 aromatic heterocycles. The van der Waals surface area contributed by atoms with Crippen LogP contribution in [-0.4, -0.2) is 33.2 Å². The van der Waals surface area contributed by atoms with Gasteiger partial charge in [0, 0.05) is 24.2 Å². The quantitative estimate of drug-likeness (QED) is 0.445. The molecule has 9 heteroatoms. The number of nitrogens with zero attached hydrogens (tertiary/aromatic N) is 4. The van der Waals surface area contributed by atoms with Crippen LogP contribution in [0.2, 0.25) is 0 Å². The van der Waals surface area contributed by atoms with Crippen LogP contribution in [0.1, 0.15) is 28.9 Å². The number of carbonyl (C=O) groups excluding carboxylic acids is 1. The predicted molar refractivity (Wildman–Crippen MR) is 120 cm³/mol. The zero-order valence-corrected chi connectivity index (χ0v) is 17.8. The summed E-state index contributed by atoms with van der Waals surface area (Å²) in [5, 5.41) is 15.3. The maximum atomic E-state index is 12.7. The van der Waals surface area contributed by atoms with E-state index in [1.54, 1.807) is 25.6 Å². The molecule has 4 aromatic rings. The number of aromatic nitrogens is 4. The van der Waals surface area contributed by atoms with Gasteiger partial charge in [0.05, 0.1) is 18.7 Å². The molecule has 0 spiro atoms. The standard InChI is InChI=1S/C22H20N6O2S/c1-14(15-6-4-3-5-7-15)25-19-18(30-2)12-17(13-24-19)20(29)26-22-28-27-21(31-22)16-8-10-23-11-9-16/h3-14H,1-2H3,(H,24,25)(H,26,28,29). The molecule has 0 aliphatic rings. The van der Waals surface area contributed by atoms with E-state index in [1.807, 2.05) is 49.4 Å². The Kier molecular flexibility index (Phi) is 6.13. The van der Waals surface area contributed by atoms with Crippen molar-refractivity contribution in [1.82, 2.24) is 20.2 Å². The van der Waals surface area contributed by atoms with Crippen LogP contribution >= 0.6 is 11.3 Å². The van der Waals surface area contributed by atoms with Crippen LogP contribution in [0.4, 0.5) is 10.9 Å². The lowest BCUT2D eigenvalue weighted by Crippen LogP contribution is -2.14. The van der Waals surface area contributed by atoms with Crippen molar-refractivity contribution in [1.29, 1.82) is 0 Å². The number of pyridine rings is 2. The molecule has 0 fully saturated rings. The first-order chi connectivity index (χ1) is 15.1. The van der Waals surface area contributed by atoms with Crippen molar-refractivity contribution in [3.8, 4) is 16.3 Å². The van der Waals surface area contributed by atoms with Crippen molar-refractivity contribution in [3.63, 3.8) is 0 Å². The fourth-order valence-electron chi connectivity index (χ4n) is 2.92. The number of ether oxygens (including phenoxy) is 1. The molecule has 0 aliphatic carbocycles. The van der Waals surface area contributed by atoms with E-state index in [-0.39, 0.29) is 11.9 Å². The predicted octanol–water partition coefficient (Wildman–Crippen LogP) is 4.43. The van der Waals surface area contributed by atoms with Gasteiger partial charge in [0.25, 0.3) is 5.91 Å². The molecule has 3 heterocycles. The summed E-state index contributed by atoms with van der Waals surface area (Å²) in [5.74, 6) is 0.697. The molecule has 156 valence electrons. The van der Waals surface area contributed by atoms with Crippen LogP contribution in [-0.2, 0) is 0 Å². The van der Waals surface area contributed by atoms with E-state index in [4.69, 9.17) is 4.74 Å². The zero-order valence-electron chi connectivity index (χ0n) is 16.9. The minimum absolute atomic E-state index is 0.0234. The second kappa shape index (κ2) is 9.31. The van der Waals surface area contributed by atoms with Gasteiger partial charge in [-0.15, -0.1) is 10.2 Å². The van der Waals surface area contributed by atoms with E-state index in [2.05, 4.69) is 30.8 Å². The highest BCUT2D eigenvalue weighted by atomic mass is 32.1. The van der Waals surface area contributed by atoms with Gasteiger partial charge in [-0.3, -0.25) is 15.1 Å². The summed E-state index contributed by atoms with van der Waals surface area (Å²) in [6, 6.07) is 15.4. The van der Waals surface area contributed by atoms with Crippen LogP contribution in [0.3, 0.4) is 0 Å². The highest BCUT2D eigenvalue weighted by Crippen LogP contribution is 2.29. The van der Waals surface area contributed by atoms with Crippen LogP contribution in [0.25, 0.3) is 10.6 Å². The lowest BCUT2D eigenvalue weighted by Gasteiger charge is -2.17. The van der Waals surface area contributed by atoms with Gasteiger partial charge in [-0.1, -0.05) is 41.7 Å². The molecule has 0 radical (unpaired) electrons. The lowest BCUT2D eigenvalue weighted by molar-refractivity contribution is 0.102. The molecule has 0 saturated heterocycles. The normalized spacial score (nSPS) is 11.5.